The van der Waals surface area contributed by atoms with E-state index in [-0.39, 0.29) is 10.8 Å². The smallest absolute Gasteiger partial charge is 0.164 e. The van der Waals surface area contributed by atoms with E-state index >= 15 is 0 Å². The van der Waals surface area contributed by atoms with Gasteiger partial charge in [-0.1, -0.05) is 161 Å². The quantitative estimate of drug-likeness (QED) is 0.173. The van der Waals surface area contributed by atoms with E-state index in [1.807, 2.05) is 36.4 Å². The number of benzene rings is 7. The Labute approximate surface area is 381 Å². The van der Waals surface area contributed by atoms with Crippen LogP contribution in [0.1, 0.15) is 50.2 Å². The molecule has 0 spiro atoms. The van der Waals surface area contributed by atoms with Gasteiger partial charge < -0.3 is 18.3 Å². The lowest BCUT2D eigenvalue weighted by Crippen LogP contribution is -2.17. The van der Waals surface area contributed by atoms with Gasteiger partial charge in [0.1, 0.15) is 0 Å². The summed E-state index contributed by atoms with van der Waals surface area (Å²) in [6, 6.07) is 62.9. The van der Waals surface area contributed by atoms with Crippen LogP contribution >= 0.6 is 0 Å². The fourth-order valence-electron chi connectivity index (χ4n) is 11.6. The fraction of sp³-hybridized carbons (Fsp3) is 0.102. The predicted octanol–water partition coefficient (Wildman–Crippen LogP) is 13.9. The van der Waals surface area contributed by atoms with Crippen molar-refractivity contribution in [3.8, 4) is 56.9 Å². The van der Waals surface area contributed by atoms with E-state index in [0.717, 1.165) is 39.1 Å². The minimum absolute atomic E-state index is 0.259. The van der Waals surface area contributed by atoms with Crippen LogP contribution in [0.2, 0.25) is 0 Å². The second-order valence-electron chi connectivity index (χ2n) is 19.0. The molecule has 7 heteroatoms. The first kappa shape index (κ1) is 37.1. The Balaban J connectivity index is 1.12. The Kier molecular flexibility index (Phi) is 7.39. The Morgan fingerprint density at radius 2 is 0.742 bits per heavy atom. The van der Waals surface area contributed by atoms with Gasteiger partial charge in [0.25, 0.3) is 0 Å². The molecule has 314 valence electrons. The van der Waals surface area contributed by atoms with Crippen molar-refractivity contribution >= 4 is 43.6 Å². The highest BCUT2D eigenvalue weighted by atomic mass is 15.1. The van der Waals surface area contributed by atoms with Crippen LogP contribution in [0.4, 0.5) is 0 Å². The number of fused-ring (bicyclic) bond motifs is 14. The van der Waals surface area contributed by atoms with E-state index in [0.29, 0.717) is 17.5 Å². The molecule has 0 radical (unpaired) electrons. The van der Waals surface area contributed by atoms with Crippen molar-refractivity contribution in [2.75, 3.05) is 0 Å². The summed E-state index contributed by atoms with van der Waals surface area (Å²) in [4.78, 5) is 15.8. The third-order valence-corrected chi connectivity index (χ3v) is 14.5. The normalized spacial score (nSPS) is 14.3. The number of para-hydroxylation sites is 4. The molecule has 0 bridgehead atoms. The van der Waals surface area contributed by atoms with Gasteiger partial charge in [0.2, 0.25) is 0 Å². The molecule has 7 heterocycles. The maximum Gasteiger partial charge on any atom is 0.164 e. The Morgan fingerprint density at radius 3 is 1.20 bits per heavy atom. The molecule has 7 nitrogen and oxygen atoms in total. The van der Waals surface area contributed by atoms with Crippen molar-refractivity contribution in [1.82, 2.24) is 33.2 Å². The lowest BCUT2D eigenvalue weighted by Gasteiger charge is -2.22. The number of rotatable bonds is 5. The molecule has 7 aromatic carbocycles. The van der Waals surface area contributed by atoms with E-state index in [1.54, 1.807) is 0 Å². The van der Waals surface area contributed by atoms with Crippen LogP contribution in [0.25, 0.3) is 101 Å². The Hall–Kier alpha value is -8.29. The van der Waals surface area contributed by atoms with Crippen LogP contribution in [0.3, 0.4) is 0 Å². The van der Waals surface area contributed by atoms with E-state index in [2.05, 4.69) is 198 Å². The predicted molar refractivity (Wildman–Crippen MR) is 268 cm³/mol. The molecule has 0 fully saturated rings. The third kappa shape index (κ3) is 4.94. The van der Waals surface area contributed by atoms with E-state index in [1.165, 1.54) is 66.5 Å². The molecule has 2 aliphatic heterocycles. The molecule has 0 unspecified atom stereocenters. The summed E-state index contributed by atoms with van der Waals surface area (Å²) in [5, 5.41) is 4.88. The fourth-order valence-corrected chi connectivity index (χ4v) is 11.6. The van der Waals surface area contributed by atoms with Crippen molar-refractivity contribution < 1.29 is 0 Å². The van der Waals surface area contributed by atoms with Crippen molar-refractivity contribution in [2.24, 2.45) is 0 Å². The Bertz CT molecular complexity index is 3740. The Morgan fingerprint density at radius 1 is 0.364 bits per heavy atom. The van der Waals surface area contributed by atoms with Crippen LogP contribution < -0.4 is 0 Å². The zero-order valence-electron chi connectivity index (χ0n) is 37.0. The van der Waals surface area contributed by atoms with Gasteiger partial charge in [-0.15, -0.1) is 0 Å². The molecule has 5 aromatic heterocycles. The second-order valence-corrected chi connectivity index (χ2v) is 19.0. The van der Waals surface area contributed by atoms with Crippen molar-refractivity contribution in [1.29, 1.82) is 0 Å². The average molecular weight is 850 g/mol. The number of nitrogens with zero attached hydrogens (tertiary/aromatic N) is 7. The summed E-state index contributed by atoms with van der Waals surface area (Å²) in [6.45, 7) is 9.46. The highest BCUT2D eigenvalue weighted by Crippen LogP contribution is 2.52. The number of hydrogen-bond acceptors (Lipinski definition) is 3. The van der Waals surface area contributed by atoms with Crippen LogP contribution in [0, 0.1) is 0 Å². The molecular formula is C59H43N7. The highest BCUT2D eigenvalue weighted by Gasteiger charge is 2.41. The van der Waals surface area contributed by atoms with Crippen LogP contribution in [-0.2, 0) is 10.8 Å². The van der Waals surface area contributed by atoms with Gasteiger partial charge in [-0.3, -0.25) is 0 Å². The second kappa shape index (κ2) is 13.1. The lowest BCUT2D eigenvalue weighted by molar-refractivity contribution is 0.646. The van der Waals surface area contributed by atoms with E-state index in [4.69, 9.17) is 15.0 Å². The van der Waals surface area contributed by atoms with Gasteiger partial charge in [0, 0.05) is 84.2 Å². The minimum atomic E-state index is -0.259. The van der Waals surface area contributed by atoms with E-state index < -0.39 is 0 Å². The summed E-state index contributed by atoms with van der Waals surface area (Å²) < 4.78 is 9.87. The standard InChI is InChI=1S/C59H43N7/c1-58(2)45-25-13-17-29-49(45)63-34-43-41-23-11-15-27-47(41)65(51(43)53(58)63)39-31-38(57-61-55(36-19-7-5-8-20-36)60-56(62-57)37-21-9-6-10-22-37)32-40(33-39)66-48-28-16-12-24-42(48)44-35-64-50-30-18-14-26-46(50)59(3,4)54(64)52(44)66/h5-35H,1-4H3. The molecule has 0 atom stereocenters. The summed E-state index contributed by atoms with van der Waals surface area (Å²) in [7, 11) is 0. The minimum Gasteiger partial charge on any atom is -0.317 e. The molecule has 0 aliphatic carbocycles. The van der Waals surface area contributed by atoms with Crippen molar-refractivity contribution in [3.05, 3.63) is 211 Å². The number of hydrogen-bond donors (Lipinski definition) is 0. The first-order chi connectivity index (χ1) is 32.3. The van der Waals surface area contributed by atoms with Gasteiger partial charge in [-0.25, -0.2) is 15.0 Å². The molecule has 2 aliphatic rings. The van der Waals surface area contributed by atoms with Gasteiger partial charge in [-0.05, 0) is 53.6 Å². The van der Waals surface area contributed by atoms with Gasteiger partial charge >= 0.3 is 0 Å². The van der Waals surface area contributed by atoms with Crippen LogP contribution in [0.5, 0.6) is 0 Å². The van der Waals surface area contributed by atoms with Crippen LogP contribution in [0.15, 0.2) is 188 Å². The molecule has 0 saturated heterocycles. The average Bonchev–Trinajstić information content (AvgIpc) is 4.17. The molecule has 14 rings (SSSR count). The van der Waals surface area contributed by atoms with Crippen molar-refractivity contribution in [2.45, 2.75) is 38.5 Å². The zero-order chi connectivity index (χ0) is 44.1. The number of aromatic nitrogens is 7. The lowest BCUT2D eigenvalue weighted by atomic mass is 9.83. The summed E-state index contributed by atoms with van der Waals surface area (Å²) >= 11 is 0. The molecular weight excluding hydrogens is 807 g/mol. The summed E-state index contributed by atoms with van der Waals surface area (Å²) in [5.41, 5.74) is 16.7. The zero-order valence-corrected chi connectivity index (χ0v) is 37.0. The topological polar surface area (TPSA) is 58.4 Å². The summed E-state index contributed by atoms with van der Waals surface area (Å²) in [5.74, 6) is 1.86. The maximum atomic E-state index is 5.34. The molecule has 0 saturated carbocycles. The van der Waals surface area contributed by atoms with Crippen LogP contribution in [-0.4, -0.2) is 33.2 Å². The maximum absolute atomic E-state index is 5.34. The first-order valence-electron chi connectivity index (χ1n) is 22.8. The molecule has 0 amide bonds. The summed E-state index contributed by atoms with van der Waals surface area (Å²) in [6.07, 6.45) is 4.72. The molecule has 66 heavy (non-hydrogen) atoms. The monoisotopic (exact) mass is 849 g/mol. The highest BCUT2D eigenvalue weighted by molar-refractivity contribution is 6.13. The largest absolute Gasteiger partial charge is 0.317 e. The van der Waals surface area contributed by atoms with E-state index in [9.17, 15) is 0 Å². The van der Waals surface area contributed by atoms with Gasteiger partial charge in [0.15, 0.2) is 17.5 Å². The van der Waals surface area contributed by atoms with Crippen molar-refractivity contribution in [3.63, 3.8) is 0 Å². The van der Waals surface area contributed by atoms with Gasteiger partial charge in [0.05, 0.1) is 33.5 Å². The SMILES string of the molecule is CC1(C)c2ccccc2-n2cc3c4ccccc4n(-c4cc(-c5nc(-c6ccccc6)nc(-c6ccccc6)n5)cc(-n5c6ccccc6c6cn7c(c65)C(C)(C)c5ccccc5-7)c4)c3c21. The first-order valence-corrected chi connectivity index (χ1v) is 22.8. The third-order valence-electron chi connectivity index (χ3n) is 14.5. The molecule has 0 N–H and O–H groups in total. The molecule has 12 aromatic rings. The van der Waals surface area contributed by atoms with Gasteiger partial charge in [-0.2, -0.15) is 0 Å².